The third-order valence-electron chi connectivity index (χ3n) is 3.92. The van der Waals surface area contributed by atoms with Gasteiger partial charge in [0, 0.05) is 18.8 Å². The van der Waals surface area contributed by atoms with Crippen LogP contribution in [0.2, 0.25) is 0 Å². The first-order chi connectivity index (χ1) is 12.1. The smallest absolute Gasteiger partial charge is 0.231 e. The molecule has 128 valence electrons. The maximum Gasteiger partial charge on any atom is 0.231 e. The topological polar surface area (TPSA) is 71.2 Å². The summed E-state index contributed by atoms with van der Waals surface area (Å²) >= 11 is 0. The third-order valence-corrected chi connectivity index (χ3v) is 3.92. The zero-order chi connectivity index (χ0) is 17.4. The highest BCUT2D eigenvalue weighted by atomic mass is 19.1. The number of nitrogens with zero attached hydrogens (tertiary/aromatic N) is 4. The highest BCUT2D eigenvalue weighted by Crippen LogP contribution is 2.30. The Morgan fingerprint density at radius 3 is 2.76 bits per heavy atom. The van der Waals surface area contributed by atoms with Gasteiger partial charge in [0.15, 0.2) is 6.29 Å². The number of halogens is 1. The fourth-order valence-corrected chi connectivity index (χ4v) is 2.78. The fourth-order valence-electron chi connectivity index (χ4n) is 2.78. The molecule has 1 saturated heterocycles. The van der Waals surface area contributed by atoms with Gasteiger partial charge in [-0.05, 0) is 30.3 Å². The summed E-state index contributed by atoms with van der Waals surface area (Å²) in [5.74, 6) is -0.691. The van der Waals surface area contributed by atoms with Crippen molar-refractivity contribution in [3.8, 4) is 5.69 Å². The van der Waals surface area contributed by atoms with Gasteiger partial charge in [0.25, 0.3) is 0 Å². The summed E-state index contributed by atoms with van der Waals surface area (Å²) < 4.78 is 27.7. The highest BCUT2D eigenvalue weighted by molar-refractivity contribution is 6.06. The summed E-state index contributed by atoms with van der Waals surface area (Å²) in [6.07, 6.45) is 2.52. The van der Waals surface area contributed by atoms with Gasteiger partial charge in [-0.25, -0.2) is 9.07 Å². The molecule has 0 bridgehead atoms. The summed E-state index contributed by atoms with van der Waals surface area (Å²) in [5, 5.41) is 8.36. The Bertz CT molecular complexity index is 928. The minimum Gasteiger partial charge on any atom is -0.346 e. The van der Waals surface area contributed by atoms with Gasteiger partial charge in [-0.1, -0.05) is 0 Å². The largest absolute Gasteiger partial charge is 0.346 e. The lowest BCUT2D eigenvalue weighted by molar-refractivity contribution is -0.0443. The van der Waals surface area contributed by atoms with Crippen molar-refractivity contribution in [2.24, 2.45) is 7.05 Å². The monoisotopic (exact) mass is 342 g/mol. The van der Waals surface area contributed by atoms with Gasteiger partial charge < -0.3 is 9.47 Å². The second-order valence-electron chi connectivity index (χ2n) is 5.61. The molecule has 0 atom stereocenters. The first-order valence-corrected chi connectivity index (χ1v) is 7.75. The Labute approximate surface area is 142 Å². The van der Waals surface area contributed by atoms with Crippen LogP contribution in [-0.2, 0) is 16.5 Å². The normalized spacial score (nSPS) is 15.0. The average Bonchev–Trinajstić information content (AvgIpc) is 3.35. The van der Waals surface area contributed by atoms with Gasteiger partial charge in [-0.2, -0.15) is 10.2 Å². The number of aromatic nitrogens is 4. The van der Waals surface area contributed by atoms with Gasteiger partial charge in [0.05, 0.1) is 25.1 Å². The van der Waals surface area contributed by atoms with Crippen molar-refractivity contribution < 1.29 is 18.7 Å². The van der Waals surface area contributed by atoms with Crippen LogP contribution in [-0.4, -0.2) is 38.6 Å². The van der Waals surface area contributed by atoms with Crippen molar-refractivity contribution >= 4 is 5.78 Å². The number of carbonyl (C=O) groups is 1. The van der Waals surface area contributed by atoms with Gasteiger partial charge >= 0.3 is 0 Å². The predicted molar refractivity (Wildman–Crippen MR) is 84.8 cm³/mol. The van der Waals surface area contributed by atoms with E-state index in [2.05, 4.69) is 10.2 Å². The molecule has 7 nitrogen and oxygen atoms in total. The molecule has 0 radical (unpaired) electrons. The van der Waals surface area contributed by atoms with Crippen LogP contribution in [0.3, 0.4) is 0 Å². The summed E-state index contributed by atoms with van der Waals surface area (Å²) in [5.41, 5.74) is 1.64. The first-order valence-electron chi connectivity index (χ1n) is 7.75. The molecule has 25 heavy (non-hydrogen) atoms. The lowest BCUT2D eigenvalue weighted by Gasteiger charge is -2.16. The molecule has 1 aromatic carbocycles. The van der Waals surface area contributed by atoms with Gasteiger partial charge in [0.2, 0.25) is 5.78 Å². The van der Waals surface area contributed by atoms with Gasteiger partial charge in [-0.3, -0.25) is 9.48 Å². The molecular weight excluding hydrogens is 327 g/mol. The Hall–Kier alpha value is -2.84. The average molecular weight is 342 g/mol. The number of aryl methyl sites for hydroxylation is 1. The second-order valence-corrected chi connectivity index (χ2v) is 5.61. The zero-order valence-electron chi connectivity index (χ0n) is 13.4. The minimum atomic E-state index is -0.687. The van der Waals surface area contributed by atoms with E-state index in [9.17, 15) is 9.18 Å². The summed E-state index contributed by atoms with van der Waals surface area (Å²) in [7, 11) is 1.74. The van der Waals surface area contributed by atoms with Crippen molar-refractivity contribution in [1.82, 2.24) is 19.6 Å². The molecule has 0 N–H and O–H groups in total. The highest BCUT2D eigenvalue weighted by Gasteiger charge is 2.25. The molecule has 0 saturated carbocycles. The Kier molecular flexibility index (Phi) is 3.90. The number of benzene rings is 1. The van der Waals surface area contributed by atoms with Crippen molar-refractivity contribution in [2.45, 2.75) is 6.29 Å². The van der Waals surface area contributed by atoms with Crippen LogP contribution < -0.4 is 0 Å². The van der Waals surface area contributed by atoms with Crippen LogP contribution in [0.25, 0.3) is 5.69 Å². The van der Waals surface area contributed by atoms with Gasteiger partial charge in [0.1, 0.15) is 17.2 Å². The molecule has 3 aromatic rings. The maximum absolute atomic E-state index is 13.7. The standard InChI is InChI=1S/C17H15FN4O3/c1-21-7-5-13(20-21)16(23)15-4-6-19-22(15)14-3-2-11(18)10-12(14)17-24-8-9-25-17/h2-7,10,17H,8-9H2,1H3. The van der Waals surface area contributed by atoms with Crippen molar-refractivity contribution in [2.75, 3.05) is 13.2 Å². The molecule has 4 rings (SSSR count). The number of carbonyl (C=O) groups excluding carboxylic acids is 1. The maximum atomic E-state index is 13.7. The SMILES string of the molecule is Cn1ccc(C(=O)c2ccnn2-c2ccc(F)cc2C2OCCO2)n1. The molecule has 8 heteroatoms. The van der Waals surface area contributed by atoms with Gasteiger partial charge in [-0.15, -0.1) is 0 Å². The Balaban J connectivity index is 1.79. The molecule has 0 amide bonds. The molecule has 1 aliphatic heterocycles. The van der Waals surface area contributed by atoms with E-state index in [0.717, 1.165) is 0 Å². The molecule has 3 heterocycles. The zero-order valence-corrected chi connectivity index (χ0v) is 13.4. The molecule has 0 unspecified atom stereocenters. The van der Waals surface area contributed by atoms with E-state index in [1.807, 2.05) is 0 Å². The van der Waals surface area contributed by atoms with Crippen molar-refractivity contribution in [1.29, 1.82) is 0 Å². The predicted octanol–water partition coefficient (Wildman–Crippen LogP) is 2.02. The number of hydrogen-bond acceptors (Lipinski definition) is 5. The van der Waals surface area contributed by atoms with E-state index in [-0.39, 0.29) is 5.78 Å². The molecule has 1 fully saturated rings. The van der Waals surface area contributed by atoms with Crippen LogP contribution >= 0.6 is 0 Å². The molecule has 1 aliphatic rings. The minimum absolute atomic E-state index is 0.276. The lowest BCUT2D eigenvalue weighted by Crippen LogP contribution is -2.14. The van der Waals surface area contributed by atoms with Crippen LogP contribution in [0.5, 0.6) is 0 Å². The van der Waals surface area contributed by atoms with E-state index < -0.39 is 12.1 Å². The quantitative estimate of drug-likeness (QED) is 0.679. The van der Waals surface area contributed by atoms with Crippen molar-refractivity contribution in [3.63, 3.8) is 0 Å². The van der Waals surface area contributed by atoms with Crippen molar-refractivity contribution in [3.05, 3.63) is 65.5 Å². The summed E-state index contributed by atoms with van der Waals surface area (Å²) in [6.45, 7) is 0.860. The van der Waals surface area contributed by atoms with E-state index in [0.29, 0.717) is 35.9 Å². The number of ether oxygens (including phenoxy) is 2. The summed E-state index contributed by atoms with van der Waals surface area (Å²) in [6, 6.07) is 7.43. The lowest BCUT2D eigenvalue weighted by atomic mass is 10.1. The summed E-state index contributed by atoms with van der Waals surface area (Å²) in [4.78, 5) is 12.7. The first kappa shape index (κ1) is 15.7. The molecular formula is C17H15FN4O3. The Morgan fingerprint density at radius 1 is 1.24 bits per heavy atom. The van der Waals surface area contributed by atoms with E-state index in [1.165, 1.54) is 23.0 Å². The van der Waals surface area contributed by atoms with E-state index in [1.54, 1.807) is 36.1 Å². The third kappa shape index (κ3) is 2.86. The fraction of sp³-hybridized carbons (Fsp3) is 0.235. The van der Waals surface area contributed by atoms with Crippen LogP contribution in [0, 0.1) is 5.82 Å². The second kappa shape index (κ2) is 6.23. The van der Waals surface area contributed by atoms with E-state index in [4.69, 9.17) is 9.47 Å². The van der Waals surface area contributed by atoms with Crippen LogP contribution in [0.15, 0.2) is 42.7 Å². The molecule has 2 aromatic heterocycles. The molecule has 0 aliphatic carbocycles. The molecule has 0 spiro atoms. The van der Waals surface area contributed by atoms with Crippen LogP contribution in [0.4, 0.5) is 4.39 Å². The number of hydrogen-bond donors (Lipinski definition) is 0. The number of ketones is 1. The van der Waals surface area contributed by atoms with E-state index >= 15 is 0 Å². The Morgan fingerprint density at radius 2 is 2.04 bits per heavy atom. The van der Waals surface area contributed by atoms with Crippen LogP contribution in [0.1, 0.15) is 28.0 Å². The number of rotatable bonds is 4.